The third kappa shape index (κ3) is 22.2. The third-order valence-electron chi connectivity index (χ3n) is 8.75. The predicted octanol–water partition coefficient (Wildman–Crippen LogP) is 4.57. The molecule has 1 heterocycles. The number of carbonyl (C=O) groups is 1. The normalized spacial score (nSPS) is 23.3. The maximum absolute atomic E-state index is 13.0. The maximum Gasteiger partial charge on any atom is 0.397 e. The van der Waals surface area contributed by atoms with Crippen molar-refractivity contribution >= 4 is 16.3 Å². The number of amides is 1. The van der Waals surface area contributed by atoms with Crippen molar-refractivity contribution in [2.75, 3.05) is 13.2 Å². The van der Waals surface area contributed by atoms with E-state index in [1.165, 1.54) is 51.0 Å². The van der Waals surface area contributed by atoms with Crippen molar-refractivity contribution in [3.63, 3.8) is 0 Å². The van der Waals surface area contributed by atoms with Gasteiger partial charge in [-0.3, -0.25) is 9.35 Å². The number of allylic oxidation sites excluding steroid dienone is 5. The molecule has 0 aromatic carbocycles. The van der Waals surface area contributed by atoms with Gasteiger partial charge < -0.3 is 40.3 Å². The van der Waals surface area contributed by atoms with Crippen LogP contribution in [0.25, 0.3) is 0 Å². The van der Waals surface area contributed by atoms with Gasteiger partial charge in [-0.25, -0.2) is 4.18 Å². The molecule has 1 saturated heterocycles. The highest BCUT2D eigenvalue weighted by atomic mass is 32.3. The van der Waals surface area contributed by atoms with Crippen molar-refractivity contribution < 1.29 is 57.0 Å². The zero-order valence-corrected chi connectivity index (χ0v) is 31.6. The average molecular weight is 750 g/mol. The third-order valence-corrected chi connectivity index (χ3v) is 9.22. The Hall–Kier alpha value is -1.72. The van der Waals surface area contributed by atoms with Crippen LogP contribution in [0.4, 0.5) is 0 Å². The van der Waals surface area contributed by atoms with Crippen molar-refractivity contribution in [2.24, 2.45) is 0 Å². The van der Waals surface area contributed by atoms with Gasteiger partial charge in [-0.05, 0) is 57.8 Å². The topological polar surface area (TPSA) is 212 Å². The van der Waals surface area contributed by atoms with Gasteiger partial charge in [-0.1, -0.05) is 108 Å². The summed E-state index contributed by atoms with van der Waals surface area (Å²) in [7, 11) is -5.12. The number of carbonyl (C=O) groups excluding carboxylic acids is 1. The quantitative estimate of drug-likeness (QED) is 0.0306. The summed E-state index contributed by atoms with van der Waals surface area (Å²) in [5.41, 5.74) is 0. The highest BCUT2D eigenvalue weighted by Gasteiger charge is 2.48. The number of aliphatic hydroxyl groups excluding tert-OH is 5. The number of rotatable bonds is 30. The number of nitrogens with one attached hydrogen (secondary N) is 1. The molecule has 8 atom stereocenters. The molecule has 13 nitrogen and oxygen atoms in total. The summed E-state index contributed by atoms with van der Waals surface area (Å²) in [5, 5.41) is 54.7. The van der Waals surface area contributed by atoms with E-state index >= 15 is 0 Å². The van der Waals surface area contributed by atoms with Crippen LogP contribution < -0.4 is 5.32 Å². The van der Waals surface area contributed by atoms with Crippen molar-refractivity contribution in [3.8, 4) is 0 Å². The van der Waals surface area contributed by atoms with Gasteiger partial charge in [0.1, 0.15) is 30.5 Å². The highest BCUT2D eigenvalue weighted by Crippen LogP contribution is 2.26. The minimum absolute atomic E-state index is 0.221. The van der Waals surface area contributed by atoms with Crippen LogP contribution in [-0.2, 0) is 28.9 Å². The molecule has 1 aliphatic heterocycles. The van der Waals surface area contributed by atoms with Crippen molar-refractivity contribution in [2.45, 2.75) is 178 Å². The summed E-state index contributed by atoms with van der Waals surface area (Å²) in [4.78, 5) is 13.0. The van der Waals surface area contributed by atoms with Crippen LogP contribution in [0.1, 0.15) is 129 Å². The average Bonchev–Trinajstić information content (AvgIpc) is 3.09. The van der Waals surface area contributed by atoms with Crippen LogP contribution in [0, 0.1) is 0 Å². The molecule has 0 aromatic rings. The molecule has 8 unspecified atom stereocenters. The Kier molecular flexibility index (Phi) is 26.7. The van der Waals surface area contributed by atoms with Crippen LogP contribution in [0.5, 0.6) is 0 Å². The molecule has 1 rings (SSSR count). The Balaban J connectivity index is 2.77. The van der Waals surface area contributed by atoms with E-state index in [0.29, 0.717) is 12.8 Å². The molecule has 1 amide bonds. The minimum Gasteiger partial charge on any atom is -0.394 e. The van der Waals surface area contributed by atoms with Gasteiger partial charge in [-0.15, -0.1) is 0 Å². The predicted molar refractivity (Wildman–Crippen MR) is 196 cm³/mol. The Morgan fingerprint density at radius 1 is 0.784 bits per heavy atom. The second-order valence-electron chi connectivity index (χ2n) is 13.3. The van der Waals surface area contributed by atoms with E-state index in [1.807, 2.05) is 0 Å². The molecule has 0 saturated carbocycles. The van der Waals surface area contributed by atoms with Crippen LogP contribution in [0.15, 0.2) is 36.5 Å². The van der Waals surface area contributed by atoms with Crippen molar-refractivity contribution in [1.82, 2.24) is 5.32 Å². The Bertz CT molecular complexity index is 1090. The van der Waals surface area contributed by atoms with Gasteiger partial charge in [0.25, 0.3) is 0 Å². The molecule has 1 fully saturated rings. The standard InChI is InChI=1S/C37H67NO12S/c1-3-5-7-9-11-13-15-17-19-21-23-25-30(40)29(28-48-37-34(43)35(50-51(45,46)47)33(42)32(27-39)49-37)38-36(44)31(41)26-24-22-20-18-16-14-12-10-8-6-4-2/h12,14-15,17,23,25,29-35,37,39-43H,3-11,13,16,18-22,24,26-28H2,1-2H3,(H,38,44)(H,45,46,47)/b14-12-,17-15+,25-23+. The van der Waals surface area contributed by atoms with Gasteiger partial charge in [0.15, 0.2) is 6.29 Å². The maximum atomic E-state index is 13.0. The molecule has 0 bridgehead atoms. The van der Waals surface area contributed by atoms with E-state index in [9.17, 15) is 38.7 Å². The summed E-state index contributed by atoms with van der Waals surface area (Å²) in [5.74, 6) is -0.728. The minimum atomic E-state index is -5.12. The first-order valence-corrected chi connectivity index (χ1v) is 20.3. The lowest BCUT2D eigenvalue weighted by molar-refractivity contribution is -0.298. The lowest BCUT2D eigenvalue weighted by Gasteiger charge is -2.41. The lowest BCUT2D eigenvalue weighted by atomic mass is 9.99. The smallest absolute Gasteiger partial charge is 0.394 e. The van der Waals surface area contributed by atoms with Gasteiger partial charge >= 0.3 is 10.4 Å². The summed E-state index contributed by atoms with van der Waals surface area (Å²) in [6.45, 7) is 3.08. The first-order chi connectivity index (χ1) is 24.4. The second kappa shape index (κ2) is 28.7. The molecule has 0 aliphatic carbocycles. The second-order valence-corrected chi connectivity index (χ2v) is 14.3. The number of hydrogen-bond acceptors (Lipinski definition) is 11. The van der Waals surface area contributed by atoms with E-state index < -0.39 is 78.5 Å². The lowest BCUT2D eigenvalue weighted by Crippen LogP contribution is -2.61. The first-order valence-electron chi connectivity index (χ1n) is 19.0. The number of ether oxygens (including phenoxy) is 2. The zero-order valence-electron chi connectivity index (χ0n) is 30.8. The Morgan fingerprint density at radius 3 is 1.90 bits per heavy atom. The summed E-state index contributed by atoms with van der Waals surface area (Å²) in [6, 6.07) is -1.14. The van der Waals surface area contributed by atoms with Crippen LogP contribution >= 0.6 is 0 Å². The van der Waals surface area contributed by atoms with E-state index in [2.05, 4.69) is 47.7 Å². The number of unbranched alkanes of at least 4 members (excludes halogenated alkanes) is 13. The molecule has 1 aliphatic rings. The summed E-state index contributed by atoms with van der Waals surface area (Å²) >= 11 is 0. The monoisotopic (exact) mass is 749 g/mol. The first kappa shape index (κ1) is 47.3. The molecule has 298 valence electrons. The molecular formula is C37H67NO12S. The molecule has 0 aromatic heterocycles. The van der Waals surface area contributed by atoms with Gasteiger partial charge in [0, 0.05) is 0 Å². The SMILES string of the molecule is CCCCC/C=C\CCCCCCC(O)C(=O)NC(COC1OC(CO)C(O)C(OS(=O)(=O)O)C1O)C(O)/C=C/CC/C=C/CCCCCCC. The van der Waals surface area contributed by atoms with E-state index in [-0.39, 0.29) is 6.42 Å². The zero-order chi connectivity index (χ0) is 37.9. The van der Waals surface area contributed by atoms with Gasteiger partial charge in [-0.2, -0.15) is 8.42 Å². The molecule has 14 heteroatoms. The van der Waals surface area contributed by atoms with Crippen LogP contribution in [0.3, 0.4) is 0 Å². The highest BCUT2D eigenvalue weighted by molar-refractivity contribution is 7.80. The largest absolute Gasteiger partial charge is 0.397 e. The fraction of sp³-hybridized carbons (Fsp3) is 0.811. The molecular weight excluding hydrogens is 682 g/mol. The van der Waals surface area contributed by atoms with Crippen molar-refractivity contribution in [1.29, 1.82) is 0 Å². The number of hydrogen-bond donors (Lipinski definition) is 7. The van der Waals surface area contributed by atoms with E-state index in [4.69, 9.17) is 14.0 Å². The fourth-order valence-electron chi connectivity index (χ4n) is 5.64. The molecule has 7 N–H and O–H groups in total. The van der Waals surface area contributed by atoms with Crippen molar-refractivity contribution in [3.05, 3.63) is 36.5 Å². The van der Waals surface area contributed by atoms with Gasteiger partial charge in [0.05, 0.1) is 25.4 Å². The fourth-order valence-corrected chi connectivity index (χ4v) is 6.15. The summed E-state index contributed by atoms with van der Waals surface area (Å²) in [6.07, 6.45) is 18.3. The molecule has 51 heavy (non-hydrogen) atoms. The Labute approximate surface area is 306 Å². The number of aliphatic hydroxyl groups is 5. The molecule has 0 radical (unpaired) electrons. The summed E-state index contributed by atoms with van der Waals surface area (Å²) < 4.78 is 47.2. The Morgan fingerprint density at radius 2 is 1.31 bits per heavy atom. The van der Waals surface area contributed by atoms with Gasteiger partial charge in [0.2, 0.25) is 5.91 Å². The van der Waals surface area contributed by atoms with E-state index in [1.54, 1.807) is 6.08 Å². The van der Waals surface area contributed by atoms with Crippen LogP contribution in [-0.4, -0.2) is 107 Å². The van der Waals surface area contributed by atoms with Crippen LogP contribution in [0.2, 0.25) is 0 Å². The van der Waals surface area contributed by atoms with E-state index in [0.717, 1.165) is 51.4 Å². The molecule has 0 spiro atoms.